The summed E-state index contributed by atoms with van der Waals surface area (Å²) in [6.07, 6.45) is 6.82. The van der Waals surface area contributed by atoms with Crippen LogP contribution >= 0.6 is 0 Å². The monoisotopic (exact) mass is 232 g/mol. The van der Waals surface area contributed by atoms with E-state index in [4.69, 9.17) is 0 Å². The molecule has 2 rings (SSSR count). The summed E-state index contributed by atoms with van der Waals surface area (Å²) < 4.78 is 0. The van der Waals surface area contributed by atoms with Crippen LogP contribution in [0.1, 0.15) is 56.6 Å². The fourth-order valence-corrected chi connectivity index (χ4v) is 3.08. The fraction of sp³-hybridized carbons (Fsp3) is 0.625. The van der Waals surface area contributed by atoms with Gasteiger partial charge in [0.25, 0.3) is 0 Å². The van der Waals surface area contributed by atoms with E-state index in [1.54, 1.807) is 0 Å². The SMILES string of the molecule is CCCC1CCC(O)(c2cccc(C)c2)CC1. The van der Waals surface area contributed by atoms with Crippen LogP contribution in [0.2, 0.25) is 0 Å². The number of aryl methyl sites for hydroxylation is 1. The van der Waals surface area contributed by atoms with E-state index in [0.717, 1.165) is 24.3 Å². The lowest BCUT2D eigenvalue weighted by Gasteiger charge is -2.36. The highest BCUT2D eigenvalue weighted by Gasteiger charge is 2.34. The van der Waals surface area contributed by atoms with Crippen molar-refractivity contribution in [2.24, 2.45) is 5.92 Å². The van der Waals surface area contributed by atoms with Crippen LogP contribution < -0.4 is 0 Å². The van der Waals surface area contributed by atoms with Crippen molar-refractivity contribution < 1.29 is 5.11 Å². The first-order chi connectivity index (χ1) is 8.14. The standard InChI is InChI=1S/C16H24O/c1-3-5-14-8-10-16(17,11-9-14)15-7-4-6-13(2)12-15/h4,6-7,12,14,17H,3,5,8-11H2,1-2H3. The van der Waals surface area contributed by atoms with Gasteiger partial charge in [0.15, 0.2) is 0 Å². The molecule has 1 aromatic carbocycles. The van der Waals surface area contributed by atoms with E-state index in [9.17, 15) is 5.11 Å². The minimum absolute atomic E-state index is 0.559. The highest BCUT2D eigenvalue weighted by molar-refractivity contribution is 5.27. The summed E-state index contributed by atoms with van der Waals surface area (Å²) in [5.74, 6) is 0.838. The average molecular weight is 232 g/mol. The summed E-state index contributed by atoms with van der Waals surface area (Å²) in [6, 6.07) is 8.36. The van der Waals surface area contributed by atoms with Gasteiger partial charge in [0.2, 0.25) is 0 Å². The van der Waals surface area contributed by atoms with Crippen LogP contribution in [-0.4, -0.2) is 5.11 Å². The molecule has 17 heavy (non-hydrogen) atoms. The number of benzene rings is 1. The van der Waals surface area contributed by atoms with Gasteiger partial charge in [0.05, 0.1) is 5.60 Å². The van der Waals surface area contributed by atoms with Crippen LogP contribution in [0.4, 0.5) is 0 Å². The minimum Gasteiger partial charge on any atom is -0.385 e. The first-order valence-corrected chi connectivity index (χ1v) is 6.93. The molecule has 0 atom stereocenters. The molecule has 0 heterocycles. The van der Waals surface area contributed by atoms with Crippen molar-refractivity contribution in [3.63, 3.8) is 0 Å². The molecule has 1 heteroatoms. The molecule has 0 bridgehead atoms. The molecular formula is C16H24O. The Bertz CT molecular complexity index is 362. The van der Waals surface area contributed by atoms with E-state index in [-0.39, 0.29) is 0 Å². The van der Waals surface area contributed by atoms with E-state index >= 15 is 0 Å². The lowest BCUT2D eigenvalue weighted by molar-refractivity contribution is -0.0152. The molecule has 0 aromatic heterocycles. The molecule has 1 N–H and O–H groups in total. The summed E-state index contributed by atoms with van der Waals surface area (Å²) in [6.45, 7) is 4.34. The molecule has 1 saturated carbocycles. The summed E-state index contributed by atoms with van der Waals surface area (Å²) >= 11 is 0. The normalized spacial score (nSPS) is 29.2. The van der Waals surface area contributed by atoms with Gasteiger partial charge in [0.1, 0.15) is 0 Å². The van der Waals surface area contributed by atoms with Crippen LogP contribution in [0.3, 0.4) is 0 Å². The van der Waals surface area contributed by atoms with Gasteiger partial charge in [0, 0.05) is 0 Å². The molecule has 1 aromatic rings. The van der Waals surface area contributed by atoms with Crippen LogP contribution in [0.5, 0.6) is 0 Å². The quantitative estimate of drug-likeness (QED) is 0.829. The summed E-state index contributed by atoms with van der Waals surface area (Å²) in [5, 5.41) is 10.8. The Morgan fingerprint density at radius 2 is 2.00 bits per heavy atom. The highest BCUT2D eigenvalue weighted by Crippen LogP contribution is 2.40. The molecule has 0 aliphatic heterocycles. The maximum Gasteiger partial charge on any atom is 0.0896 e. The van der Waals surface area contributed by atoms with Crippen molar-refractivity contribution in [3.05, 3.63) is 35.4 Å². The predicted octanol–water partition coefficient (Wildman–Crippen LogP) is 4.17. The van der Waals surface area contributed by atoms with Gasteiger partial charge in [-0.1, -0.05) is 49.6 Å². The van der Waals surface area contributed by atoms with Gasteiger partial charge >= 0.3 is 0 Å². The number of aliphatic hydroxyl groups is 1. The zero-order valence-corrected chi connectivity index (χ0v) is 11.1. The van der Waals surface area contributed by atoms with Gasteiger partial charge in [-0.15, -0.1) is 0 Å². The van der Waals surface area contributed by atoms with Gasteiger partial charge in [-0.05, 0) is 44.1 Å². The van der Waals surface area contributed by atoms with Gasteiger partial charge in [-0.2, -0.15) is 0 Å². The smallest absolute Gasteiger partial charge is 0.0896 e. The number of hydrogen-bond donors (Lipinski definition) is 1. The Hall–Kier alpha value is -0.820. The third-order valence-electron chi connectivity index (χ3n) is 4.18. The van der Waals surface area contributed by atoms with Crippen molar-refractivity contribution in [2.45, 2.75) is 58.0 Å². The molecular weight excluding hydrogens is 208 g/mol. The molecule has 94 valence electrons. The number of rotatable bonds is 3. The Balaban J connectivity index is 2.06. The maximum atomic E-state index is 10.8. The predicted molar refractivity (Wildman–Crippen MR) is 71.9 cm³/mol. The molecule has 1 nitrogen and oxygen atoms in total. The maximum absolute atomic E-state index is 10.8. The topological polar surface area (TPSA) is 20.2 Å². The van der Waals surface area contributed by atoms with Gasteiger partial charge in [-0.25, -0.2) is 0 Å². The van der Waals surface area contributed by atoms with Crippen molar-refractivity contribution in [1.29, 1.82) is 0 Å². The van der Waals surface area contributed by atoms with Crippen LogP contribution in [0, 0.1) is 12.8 Å². The van der Waals surface area contributed by atoms with Crippen LogP contribution in [0.15, 0.2) is 24.3 Å². The Morgan fingerprint density at radius 1 is 1.29 bits per heavy atom. The Labute approximate surface area is 105 Å². The lowest BCUT2D eigenvalue weighted by Crippen LogP contribution is -2.31. The molecule has 1 aliphatic carbocycles. The largest absolute Gasteiger partial charge is 0.385 e. The Morgan fingerprint density at radius 3 is 2.59 bits per heavy atom. The van der Waals surface area contributed by atoms with E-state index in [2.05, 4.69) is 38.1 Å². The summed E-state index contributed by atoms with van der Waals surface area (Å²) in [4.78, 5) is 0. The summed E-state index contributed by atoms with van der Waals surface area (Å²) in [5.41, 5.74) is 1.80. The molecule has 0 saturated heterocycles. The second-order valence-electron chi connectivity index (χ2n) is 5.63. The molecule has 0 spiro atoms. The van der Waals surface area contributed by atoms with Crippen molar-refractivity contribution in [2.75, 3.05) is 0 Å². The third-order valence-corrected chi connectivity index (χ3v) is 4.18. The highest BCUT2D eigenvalue weighted by atomic mass is 16.3. The second-order valence-corrected chi connectivity index (χ2v) is 5.63. The van der Waals surface area contributed by atoms with E-state index < -0.39 is 5.60 Å². The fourth-order valence-electron chi connectivity index (χ4n) is 3.08. The minimum atomic E-state index is -0.559. The van der Waals surface area contributed by atoms with E-state index in [0.29, 0.717) is 0 Å². The second kappa shape index (κ2) is 5.22. The van der Waals surface area contributed by atoms with Crippen molar-refractivity contribution in [1.82, 2.24) is 0 Å². The van der Waals surface area contributed by atoms with E-state index in [1.165, 1.54) is 31.2 Å². The molecule has 0 amide bonds. The zero-order valence-electron chi connectivity index (χ0n) is 11.1. The first kappa shape index (κ1) is 12.6. The van der Waals surface area contributed by atoms with E-state index in [1.807, 2.05) is 0 Å². The molecule has 1 fully saturated rings. The van der Waals surface area contributed by atoms with Gasteiger partial charge < -0.3 is 5.11 Å². The third kappa shape index (κ3) is 2.90. The molecule has 0 radical (unpaired) electrons. The van der Waals surface area contributed by atoms with Crippen molar-refractivity contribution in [3.8, 4) is 0 Å². The zero-order chi connectivity index (χ0) is 12.3. The molecule has 1 aliphatic rings. The Kier molecular flexibility index (Phi) is 3.88. The van der Waals surface area contributed by atoms with Crippen LogP contribution in [0.25, 0.3) is 0 Å². The molecule has 0 unspecified atom stereocenters. The number of hydrogen-bond acceptors (Lipinski definition) is 1. The summed E-state index contributed by atoms with van der Waals surface area (Å²) in [7, 11) is 0. The lowest BCUT2D eigenvalue weighted by atomic mass is 9.74. The van der Waals surface area contributed by atoms with Gasteiger partial charge in [-0.3, -0.25) is 0 Å². The van der Waals surface area contributed by atoms with Crippen LogP contribution in [-0.2, 0) is 5.60 Å². The first-order valence-electron chi connectivity index (χ1n) is 6.93. The van der Waals surface area contributed by atoms with Crippen molar-refractivity contribution >= 4 is 0 Å². The average Bonchev–Trinajstić information content (AvgIpc) is 2.33.